The largest absolute Gasteiger partial charge is 0.463 e. The minimum atomic E-state index is -0.584. The summed E-state index contributed by atoms with van der Waals surface area (Å²) in [5.41, 5.74) is 3.00. The molecule has 1 saturated heterocycles. The maximum absolute atomic E-state index is 13.2. The smallest absolute Gasteiger partial charge is 0.338 e. The van der Waals surface area contributed by atoms with Crippen LogP contribution in [0.4, 0.5) is 4.79 Å². The third kappa shape index (κ3) is 5.72. The van der Waals surface area contributed by atoms with Crippen LogP contribution in [0.5, 0.6) is 0 Å². The first-order valence-electron chi connectivity index (χ1n) is 11.4. The van der Waals surface area contributed by atoms with Crippen molar-refractivity contribution in [3.05, 3.63) is 46.7 Å². The van der Waals surface area contributed by atoms with Gasteiger partial charge in [-0.1, -0.05) is 29.8 Å². The molecule has 0 spiro atoms. The topological polar surface area (TPSA) is 91.4 Å². The van der Waals surface area contributed by atoms with Crippen molar-refractivity contribution >= 4 is 17.9 Å². The summed E-state index contributed by atoms with van der Waals surface area (Å²) in [4.78, 5) is 43.9. The molecule has 1 fully saturated rings. The van der Waals surface area contributed by atoms with Gasteiger partial charge in [-0.2, -0.15) is 0 Å². The van der Waals surface area contributed by atoms with E-state index in [9.17, 15) is 14.4 Å². The van der Waals surface area contributed by atoms with Gasteiger partial charge in [-0.15, -0.1) is 0 Å². The number of rotatable bonds is 8. The number of nitrogens with zero attached hydrogens (tertiary/aromatic N) is 3. The molecule has 0 aliphatic carbocycles. The van der Waals surface area contributed by atoms with E-state index >= 15 is 0 Å². The molecule has 1 unspecified atom stereocenters. The molecule has 1 N–H and O–H groups in total. The molecule has 9 nitrogen and oxygen atoms in total. The van der Waals surface area contributed by atoms with Crippen LogP contribution in [-0.4, -0.2) is 92.2 Å². The number of ether oxygens (including phenoxy) is 2. The molecule has 0 radical (unpaired) electrons. The Morgan fingerprint density at radius 3 is 2.48 bits per heavy atom. The summed E-state index contributed by atoms with van der Waals surface area (Å²) < 4.78 is 10.4. The standard InChI is InChI=1S/C24H34N4O5/c1-5-28-19(15-26-10-12-27(13-11-26)20(29)16-32-4)21(23(30)33-6-2)22(25-24(28)31)18-9-7-8-17(3)14-18/h7-9,14,22H,5-6,10-13,15-16H2,1-4H3,(H,25,31). The van der Waals surface area contributed by atoms with Crippen molar-refractivity contribution in [2.24, 2.45) is 0 Å². The molecular weight excluding hydrogens is 424 g/mol. The van der Waals surface area contributed by atoms with Gasteiger partial charge in [-0.3, -0.25) is 14.6 Å². The fourth-order valence-corrected chi connectivity index (χ4v) is 4.34. The van der Waals surface area contributed by atoms with Crippen molar-refractivity contribution in [3.63, 3.8) is 0 Å². The van der Waals surface area contributed by atoms with Crippen LogP contribution in [0, 0.1) is 6.92 Å². The zero-order valence-corrected chi connectivity index (χ0v) is 19.9. The van der Waals surface area contributed by atoms with Gasteiger partial charge >= 0.3 is 12.0 Å². The van der Waals surface area contributed by atoms with Crippen molar-refractivity contribution in [2.75, 3.05) is 59.6 Å². The number of likely N-dealkylation sites (N-methyl/N-ethyl adjacent to an activating group) is 1. The van der Waals surface area contributed by atoms with Crippen LogP contribution in [-0.2, 0) is 19.1 Å². The molecule has 0 aromatic heterocycles. The van der Waals surface area contributed by atoms with Gasteiger partial charge in [-0.05, 0) is 26.3 Å². The van der Waals surface area contributed by atoms with Gasteiger partial charge in [0.1, 0.15) is 6.61 Å². The maximum Gasteiger partial charge on any atom is 0.338 e. The maximum atomic E-state index is 13.2. The van der Waals surface area contributed by atoms with Crippen LogP contribution in [0.3, 0.4) is 0 Å². The lowest BCUT2D eigenvalue weighted by Gasteiger charge is -2.40. The molecule has 33 heavy (non-hydrogen) atoms. The molecule has 9 heteroatoms. The SMILES string of the molecule is CCOC(=O)C1=C(CN2CCN(C(=O)COC)CC2)N(CC)C(=O)NC1c1cccc(C)c1. The Labute approximate surface area is 195 Å². The van der Waals surface area contributed by atoms with Crippen molar-refractivity contribution in [2.45, 2.75) is 26.8 Å². The van der Waals surface area contributed by atoms with Crippen molar-refractivity contribution < 1.29 is 23.9 Å². The fourth-order valence-electron chi connectivity index (χ4n) is 4.34. The summed E-state index contributed by atoms with van der Waals surface area (Å²) in [7, 11) is 1.51. The van der Waals surface area contributed by atoms with Gasteiger partial charge in [0.2, 0.25) is 5.91 Å². The van der Waals surface area contributed by atoms with Gasteiger partial charge in [0.25, 0.3) is 0 Å². The van der Waals surface area contributed by atoms with E-state index < -0.39 is 12.0 Å². The summed E-state index contributed by atoms with van der Waals surface area (Å²) in [5.74, 6) is -0.457. The second-order valence-corrected chi connectivity index (χ2v) is 8.21. The minimum absolute atomic E-state index is 0.0321. The van der Waals surface area contributed by atoms with E-state index in [1.54, 1.807) is 16.7 Å². The highest BCUT2D eigenvalue weighted by molar-refractivity contribution is 5.95. The lowest BCUT2D eigenvalue weighted by molar-refractivity contribution is -0.139. The summed E-state index contributed by atoms with van der Waals surface area (Å²) >= 11 is 0. The van der Waals surface area contributed by atoms with Crippen molar-refractivity contribution in [1.29, 1.82) is 0 Å². The van der Waals surface area contributed by atoms with Gasteiger partial charge in [0.15, 0.2) is 0 Å². The first kappa shape index (κ1) is 24.7. The van der Waals surface area contributed by atoms with E-state index in [1.807, 2.05) is 38.1 Å². The Kier molecular flexibility index (Phi) is 8.46. The van der Waals surface area contributed by atoms with Gasteiger partial charge in [-0.25, -0.2) is 9.59 Å². The zero-order chi connectivity index (χ0) is 24.0. The Bertz CT molecular complexity index is 908. The third-order valence-corrected chi connectivity index (χ3v) is 5.99. The van der Waals surface area contributed by atoms with Crippen LogP contribution < -0.4 is 5.32 Å². The quantitative estimate of drug-likeness (QED) is 0.596. The molecular formula is C24H34N4O5. The molecule has 180 valence electrons. The monoisotopic (exact) mass is 458 g/mol. The summed E-state index contributed by atoms with van der Waals surface area (Å²) in [6.07, 6.45) is 0. The normalized spacial score (nSPS) is 19.5. The number of hydrogen-bond acceptors (Lipinski definition) is 6. The molecule has 2 aliphatic rings. The molecule has 2 heterocycles. The second kappa shape index (κ2) is 11.3. The van der Waals surface area contributed by atoms with E-state index in [-0.39, 0.29) is 25.2 Å². The molecule has 1 aromatic carbocycles. The summed E-state index contributed by atoms with van der Waals surface area (Å²) in [5, 5.41) is 3.00. The van der Waals surface area contributed by atoms with E-state index in [0.29, 0.717) is 50.5 Å². The predicted octanol–water partition coefficient (Wildman–Crippen LogP) is 1.69. The minimum Gasteiger partial charge on any atom is -0.463 e. The molecule has 0 saturated carbocycles. The number of urea groups is 1. The van der Waals surface area contributed by atoms with Crippen LogP contribution in [0.15, 0.2) is 35.5 Å². The first-order chi connectivity index (χ1) is 15.9. The Morgan fingerprint density at radius 2 is 1.88 bits per heavy atom. The molecule has 1 atom stereocenters. The van der Waals surface area contributed by atoms with E-state index in [4.69, 9.17) is 9.47 Å². The number of aryl methyl sites for hydroxylation is 1. The number of benzene rings is 1. The summed E-state index contributed by atoms with van der Waals surface area (Å²) in [6.45, 7) is 9.23. The number of esters is 1. The Balaban J connectivity index is 1.93. The van der Waals surface area contributed by atoms with Crippen molar-refractivity contribution in [1.82, 2.24) is 20.0 Å². The molecule has 3 rings (SSSR count). The Morgan fingerprint density at radius 1 is 1.15 bits per heavy atom. The number of hydrogen-bond donors (Lipinski definition) is 1. The molecule has 3 amide bonds. The highest BCUT2D eigenvalue weighted by atomic mass is 16.5. The van der Waals surface area contributed by atoms with Crippen LogP contribution in [0.1, 0.15) is 31.0 Å². The lowest BCUT2D eigenvalue weighted by Crippen LogP contribution is -2.54. The number of piperazine rings is 1. The number of nitrogens with one attached hydrogen (secondary N) is 1. The van der Waals surface area contributed by atoms with Crippen LogP contribution in [0.2, 0.25) is 0 Å². The highest BCUT2D eigenvalue weighted by Gasteiger charge is 2.38. The number of methoxy groups -OCH3 is 1. The second-order valence-electron chi connectivity index (χ2n) is 8.21. The van der Waals surface area contributed by atoms with Gasteiger partial charge in [0.05, 0.1) is 18.2 Å². The highest BCUT2D eigenvalue weighted by Crippen LogP contribution is 2.32. The fraction of sp³-hybridized carbons (Fsp3) is 0.542. The van der Waals surface area contributed by atoms with E-state index in [0.717, 1.165) is 11.1 Å². The number of carbonyl (C=O) groups is 3. The number of amides is 3. The summed E-state index contributed by atoms with van der Waals surface area (Å²) in [6, 6.07) is 6.97. The van der Waals surface area contributed by atoms with Crippen LogP contribution in [0.25, 0.3) is 0 Å². The van der Waals surface area contributed by atoms with Gasteiger partial charge < -0.3 is 19.7 Å². The Hall–Kier alpha value is -2.91. The lowest BCUT2D eigenvalue weighted by atomic mass is 9.93. The van der Waals surface area contributed by atoms with Crippen LogP contribution >= 0.6 is 0 Å². The van der Waals surface area contributed by atoms with E-state index in [1.165, 1.54) is 7.11 Å². The zero-order valence-electron chi connectivity index (χ0n) is 19.9. The first-order valence-corrected chi connectivity index (χ1v) is 11.4. The van der Waals surface area contributed by atoms with E-state index in [2.05, 4.69) is 10.2 Å². The van der Waals surface area contributed by atoms with Crippen molar-refractivity contribution in [3.8, 4) is 0 Å². The van der Waals surface area contributed by atoms with Gasteiger partial charge in [0, 0.05) is 52.1 Å². The number of carbonyl (C=O) groups excluding carboxylic acids is 3. The molecule has 2 aliphatic heterocycles. The average Bonchev–Trinajstić information content (AvgIpc) is 2.79. The average molecular weight is 459 g/mol. The molecule has 0 bridgehead atoms. The third-order valence-electron chi connectivity index (χ3n) is 5.99. The molecule has 1 aromatic rings. The predicted molar refractivity (Wildman–Crippen MR) is 123 cm³/mol.